The molecule has 4 atom stereocenters. The zero-order valence-electron chi connectivity index (χ0n) is 27.3. The van der Waals surface area contributed by atoms with Gasteiger partial charge in [-0.25, -0.2) is 0 Å². The fourth-order valence-electron chi connectivity index (χ4n) is 6.87. The number of aliphatic hydroxyl groups excluding tert-OH is 4. The van der Waals surface area contributed by atoms with Crippen LogP contribution in [0.4, 0.5) is 0 Å². The van der Waals surface area contributed by atoms with E-state index in [0.29, 0.717) is 26.2 Å². The van der Waals surface area contributed by atoms with Crippen molar-refractivity contribution in [1.29, 1.82) is 0 Å². The Bertz CT molecular complexity index is 474. The smallest absolute Gasteiger partial charge is 0.105 e. The first-order valence-electron chi connectivity index (χ1n) is 16.9. The molecule has 0 aliphatic heterocycles. The lowest BCUT2D eigenvalue weighted by molar-refractivity contribution is -0.935. The molecular formula is C33H72N2O4+2. The summed E-state index contributed by atoms with van der Waals surface area (Å²) < 4.78 is 1.62. The van der Waals surface area contributed by atoms with E-state index in [1.165, 1.54) is 64.2 Å². The number of unbranched alkanes of at least 4 members (excludes halogenated alkanes) is 12. The second-order valence-corrected chi connectivity index (χ2v) is 13.3. The lowest BCUT2D eigenvalue weighted by atomic mass is 10.1. The monoisotopic (exact) mass is 561 g/mol. The van der Waals surface area contributed by atoms with Gasteiger partial charge in [0, 0.05) is 0 Å². The Hall–Kier alpha value is -0.240. The third-order valence-electron chi connectivity index (χ3n) is 8.34. The molecule has 0 aromatic rings. The van der Waals surface area contributed by atoms with Crippen LogP contribution in [0.2, 0.25) is 0 Å². The molecule has 4 N–H and O–H groups in total. The molecule has 0 spiro atoms. The fraction of sp³-hybridized carbons (Fsp3) is 1.00. The molecule has 0 rings (SSSR count). The number of hydrogen-bond acceptors (Lipinski definition) is 4. The lowest BCUT2D eigenvalue weighted by Gasteiger charge is -2.42. The number of aliphatic hydroxyl groups is 4. The van der Waals surface area contributed by atoms with Gasteiger partial charge in [-0.3, -0.25) is 0 Å². The Morgan fingerprint density at radius 3 is 0.795 bits per heavy atom. The molecule has 6 nitrogen and oxygen atoms in total. The summed E-state index contributed by atoms with van der Waals surface area (Å²) in [5.74, 6) is 0. The van der Waals surface area contributed by atoms with E-state index < -0.39 is 0 Å². The van der Waals surface area contributed by atoms with Gasteiger partial charge in [0.1, 0.15) is 50.6 Å². The third kappa shape index (κ3) is 21.2. The van der Waals surface area contributed by atoms with E-state index in [-0.39, 0.29) is 24.4 Å². The van der Waals surface area contributed by atoms with Crippen molar-refractivity contribution < 1.29 is 29.4 Å². The molecule has 0 radical (unpaired) electrons. The molecule has 0 aliphatic carbocycles. The van der Waals surface area contributed by atoms with Crippen molar-refractivity contribution in [2.24, 2.45) is 0 Å². The molecule has 39 heavy (non-hydrogen) atoms. The summed E-state index contributed by atoms with van der Waals surface area (Å²) >= 11 is 0. The number of rotatable bonds is 28. The van der Waals surface area contributed by atoms with Gasteiger partial charge in [0.2, 0.25) is 0 Å². The first-order valence-corrected chi connectivity index (χ1v) is 16.9. The molecule has 0 heterocycles. The van der Waals surface area contributed by atoms with E-state index in [0.717, 1.165) is 67.2 Å². The molecule has 0 saturated heterocycles. The maximum absolute atomic E-state index is 10.4. The summed E-state index contributed by atoms with van der Waals surface area (Å²) in [4.78, 5) is 0. The van der Waals surface area contributed by atoms with Crippen molar-refractivity contribution in [2.45, 2.75) is 162 Å². The third-order valence-corrected chi connectivity index (χ3v) is 8.34. The Labute approximate surface area is 244 Å². The van der Waals surface area contributed by atoms with Crippen molar-refractivity contribution in [3.05, 3.63) is 0 Å². The van der Waals surface area contributed by atoms with Crippen LogP contribution < -0.4 is 0 Å². The van der Waals surface area contributed by atoms with Crippen LogP contribution in [0.25, 0.3) is 0 Å². The zero-order chi connectivity index (χ0) is 29.6. The van der Waals surface area contributed by atoms with Crippen molar-refractivity contribution in [2.75, 3.05) is 52.4 Å². The molecule has 6 heteroatoms. The minimum absolute atomic E-state index is 0.373. The SMILES string of the molecule is CCCCCCCC[N+](CCCCC[N+](CCCCCCCC)(CC(C)O)CC(C)O)(CC(C)O)CC(C)O. The Kier molecular flexibility index (Phi) is 23.2. The molecule has 0 fully saturated rings. The molecule has 0 aromatic heterocycles. The summed E-state index contributed by atoms with van der Waals surface area (Å²) in [5.41, 5.74) is 0. The van der Waals surface area contributed by atoms with Gasteiger partial charge in [0.25, 0.3) is 0 Å². The highest BCUT2D eigenvalue weighted by molar-refractivity contribution is 4.59. The van der Waals surface area contributed by atoms with Crippen LogP contribution in [-0.4, -0.2) is 106 Å². The predicted molar refractivity (Wildman–Crippen MR) is 167 cm³/mol. The van der Waals surface area contributed by atoms with Gasteiger partial charge in [0.15, 0.2) is 0 Å². The lowest BCUT2D eigenvalue weighted by Crippen LogP contribution is -2.56. The van der Waals surface area contributed by atoms with Crippen molar-refractivity contribution >= 4 is 0 Å². The Balaban J connectivity index is 5.12. The first kappa shape index (κ1) is 38.8. The summed E-state index contributed by atoms with van der Waals surface area (Å²) in [6.07, 6.45) is 16.9. The van der Waals surface area contributed by atoms with Gasteiger partial charge in [-0.1, -0.05) is 65.2 Å². The van der Waals surface area contributed by atoms with Gasteiger partial charge in [-0.15, -0.1) is 0 Å². The van der Waals surface area contributed by atoms with Gasteiger partial charge < -0.3 is 29.4 Å². The van der Waals surface area contributed by atoms with Crippen LogP contribution in [0.3, 0.4) is 0 Å². The molecule has 0 aromatic carbocycles. The maximum atomic E-state index is 10.4. The minimum atomic E-state index is -0.373. The Morgan fingerprint density at radius 1 is 0.359 bits per heavy atom. The second-order valence-electron chi connectivity index (χ2n) is 13.3. The fourth-order valence-corrected chi connectivity index (χ4v) is 6.87. The molecule has 236 valence electrons. The summed E-state index contributed by atoms with van der Waals surface area (Å²) in [7, 11) is 0. The first-order chi connectivity index (χ1) is 18.5. The van der Waals surface area contributed by atoms with E-state index in [1.807, 2.05) is 27.7 Å². The largest absolute Gasteiger partial charge is 0.388 e. The van der Waals surface area contributed by atoms with Gasteiger partial charge in [-0.2, -0.15) is 0 Å². The normalized spacial score (nSPS) is 18.3. The predicted octanol–water partition coefficient (Wildman–Crippen LogP) is 6.03. The number of quaternary nitrogens is 2. The summed E-state index contributed by atoms with van der Waals surface area (Å²) in [6.45, 7) is 18.9. The summed E-state index contributed by atoms with van der Waals surface area (Å²) in [5, 5.41) is 41.4. The van der Waals surface area contributed by atoms with Crippen molar-refractivity contribution in [3.63, 3.8) is 0 Å². The van der Waals surface area contributed by atoms with Gasteiger partial charge in [-0.05, 0) is 72.6 Å². The highest BCUT2D eigenvalue weighted by atomic mass is 16.3. The van der Waals surface area contributed by atoms with E-state index in [1.54, 1.807) is 0 Å². The molecular weight excluding hydrogens is 488 g/mol. The number of hydrogen-bond donors (Lipinski definition) is 4. The van der Waals surface area contributed by atoms with Crippen LogP contribution in [-0.2, 0) is 0 Å². The van der Waals surface area contributed by atoms with Crippen LogP contribution in [0.5, 0.6) is 0 Å². The van der Waals surface area contributed by atoms with E-state index in [9.17, 15) is 20.4 Å². The molecule has 0 aliphatic rings. The standard InChI is InChI=1S/C33H72N2O4/c1-7-9-11-13-15-18-22-34(26-30(3)36,27-31(4)37)24-20-17-21-25-35(28-32(5)38,29-33(6)39)23-19-16-14-12-10-8-2/h30-33,36-39H,7-29H2,1-6H3/q+2. The van der Waals surface area contributed by atoms with Gasteiger partial charge in [0.05, 0.1) is 26.2 Å². The topological polar surface area (TPSA) is 80.9 Å². The van der Waals surface area contributed by atoms with Crippen LogP contribution in [0.1, 0.15) is 138 Å². The van der Waals surface area contributed by atoms with Crippen LogP contribution >= 0.6 is 0 Å². The highest BCUT2D eigenvalue weighted by Crippen LogP contribution is 2.20. The minimum Gasteiger partial charge on any atom is -0.388 e. The zero-order valence-corrected chi connectivity index (χ0v) is 27.3. The quantitative estimate of drug-likeness (QED) is 0.0695. The average Bonchev–Trinajstić information content (AvgIpc) is 2.81. The van der Waals surface area contributed by atoms with E-state index in [2.05, 4.69) is 13.8 Å². The average molecular weight is 561 g/mol. The van der Waals surface area contributed by atoms with Crippen molar-refractivity contribution in [3.8, 4) is 0 Å². The molecule has 4 unspecified atom stereocenters. The Morgan fingerprint density at radius 2 is 0.564 bits per heavy atom. The number of nitrogens with zero attached hydrogens (tertiary/aromatic N) is 2. The highest BCUT2D eigenvalue weighted by Gasteiger charge is 2.32. The van der Waals surface area contributed by atoms with Crippen LogP contribution in [0.15, 0.2) is 0 Å². The molecule has 0 amide bonds. The summed E-state index contributed by atoms with van der Waals surface area (Å²) in [6, 6.07) is 0. The second kappa shape index (κ2) is 23.3. The molecule has 0 saturated carbocycles. The van der Waals surface area contributed by atoms with E-state index in [4.69, 9.17) is 0 Å². The van der Waals surface area contributed by atoms with Gasteiger partial charge >= 0.3 is 0 Å². The van der Waals surface area contributed by atoms with E-state index >= 15 is 0 Å². The maximum Gasteiger partial charge on any atom is 0.105 e. The molecule has 0 bridgehead atoms. The van der Waals surface area contributed by atoms with Crippen LogP contribution in [0, 0.1) is 0 Å². The van der Waals surface area contributed by atoms with Crippen molar-refractivity contribution in [1.82, 2.24) is 0 Å².